The number of carbonyl (C=O) groups excluding carboxylic acids is 2. The minimum atomic E-state index is -4.27. The molecule has 4 rings (SSSR count). The Morgan fingerprint density at radius 1 is 0.897 bits per heavy atom. The first-order valence-electron chi connectivity index (χ1n) is 11.7. The summed E-state index contributed by atoms with van der Waals surface area (Å²) in [6.45, 7) is 3.50. The van der Waals surface area contributed by atoms with Crippen molar-refractivity contribution in [2.75, 3.05) is 0 Å². The number of pyridine rings is 1. The lowest BCUT2D eigenvalue weighted by Gasteiger charge is -2.17. The number of nitrogens with zero attached hydrogens (tertiary/aromatic N) is 1. The Kier molecular flexibility index (Phi) is 8.01. The molecule has 0 saturated carbocycles. The summed E-state index contributed by atoms with van der Waals surface area (Å²) in [5.74, 6) is -2.19. The number of benzene rings is 3. The molecule has 0 spiro atoms. The van der Waals surface area contributed by atoms with Crippen LogP contribution in [0.4, 0.5) is 8.78 Å². The van der Waals surface area contributed by atoms with Crippen LogP contribution in [0, 0.1) is 18.6 Å². The summed E-state index contributed by atoms with van der Waals surface area (Å²) >= 11 is 0. The first kappa shape index (κ1) is 27.4. The van der Waals surface area contributed by atoms with Crippen LogP contribution in [-0.2, 0) is 10.0 Å². The molecule has 0 aliphatic carbocycles. The van der Waals surface area contributed by atoms with Gasteiger partial charge in [0.05, 0.1) is 10.9 Å². The number of sulfonamides is 1. The van der Waals surface area contributed by atoms with Crippen LogP contribution in [-0.4, -0.2) is 25.2 Å². The molecule has 0 unspecified atom stereocenters. The fourth-order valence-corrected chi connectivity index (χ4v) is 4.58. The molecule has 1 heterocycles. The minimum absolute atomic E-state index is 0.0448. The van der Waals surface area contributed by atoms with Crippen LogP contribution in [0.3, 0.4) is 0 Å². The summed E-state index contributed by atoms with van der Waals surface area (Å²) in [6, 6.07) is 16.6. The Balaban J connectivity index is 1.45. The molecule has 0 saturated heterocycles. The molecule has 4 aromatic rings. The number of hydrogen-bond donors (Lipinski definition) is 2. The van der Waals surface area contributed by atoms with Crippen molar-refractivity contribution < 1.29 is 31.5 Å². The van der Waals surface area contributed by atoms with Gasteiger partial charge in [-0.05, 0) is 85.6 Å². The maximum atomic E-state index is 13.4. The first-order chi connectivity index (χ1) is 18.5. The molecular formula is C28H23F2N3O5S. The Hall–Kier alpha value is -4.64. The fraction of sp³-hybridized carbons (Fsp3) is 0.107. The Morgan fingerprint density at radius 2 is 1.59 bits per heavy atom. The topological polar surface area (TPSA) is 114 Å². The van der Waals surface area contributed by atoms with Gasteiger partial charge in [0, 0.05) is 11.8 Å². The second-order valence-electron chi connectivity index (χ2n) is 8.63. The molecule has 2 N–H and O–H groups in total. The second kappa shape index (κ2) is 11.4. The first-order valence-corrected chi connectivity index (χ1v) is 13.1. The molecule has 39 heavy (non-hydrogen) atoms. The van der Waals surface area contributed by atoms with Gasteiger partial charge < -0.3 is 10.1 Å². The minimum Gasteiger partial charge on any atom is -0.438 e. The predicted octanol–water partition coefficient (Wildman–Crippen LogP) is 5.07. The Morgan fingerprint density at radius 3 is 2.26 bits per heavy atom. The summed E-state index contributed by atoms with van der Waals surface area (Å²) < 4.78 is 59.0. The van der Waals surface area contributed by atoms with Gasteiger partial charge in [-0.2, -0.15) is 0 Å². The van der Waals surface area contributed by atoms with E-state index in [1.807, 2.05) is 4.72 Å². The number of amides is 2. The highest BCUT2D eigenvalue weighted by Crippen LogP contribution is 2.25. The van der Waals surface area contributed by atoms with E-state index in [4.69, 9.17) is 4.74 Å². The number of rotatable bonds is 8. The third kappa shape index (κ3) is 6.82. The van der Waals surface area contributed by atoms with E-state index >= 15 is 0 Å². The summed E-state index contributed by atoms with van der Waals surface area (Å²) in [5.41, 5.74) is 1.58. The van der Waals surface area contributed by atoms with Gasteiger partial charge in [0.2, 0.25) is 5.88 Å². The standard InChI is InChI=1S/C28H23F2N3O5S/c1-17-14-25(28(31-16-17)38-23-12-10-21(29)11-13-23)27(35)32-18(2)19-6-8-20(9-7-19)26(34)33-39(36,37)24-5-3-4-22(30)15-24/h3-16,18H,1-2H3,(H,32,35)(H,33,34)/t18-/m1/s1. The highest BCUT2D eigenvalue weighted by atomic mass is 32.2. The number of halogens is 2. The maximum Gasteiger partial charge on any atom is 0.264 e. The highest BCUT2D eigenvalue weighted by molar-refractivity contribution is 7.90. The molecule has 200 valence electrons. The number of hydrogen-bond acceptors (Lipinski definition) is 6. The van der Waals surface area contributed by atoms with Crippen molar-refractivity contribution in [1.82, 2.24) is 15.0 Å². The zero-order valence-corrected chi connectivity index (χ0v) is 21.6. The molecule has 3 aromatic carbocycles. The molecule has 0 aliphatic heterocycles. The molecule has 0 radical (unpaired) electrons. The number of aryl methyl sites for hydroxylation is 1. The average Bonchev–Trinajstić information content (AvgIpc) is 2.90. The molecule has 0 bridgehead atoms. The van der Waals surface area contributed by atoms with Crippen molar-refractivity contribution in [1.29, 1.82) is 0 Å². The van der Waals surface area contributed by atoms with E-state index in [0.29, 0.717) is 11.3 Å². The van der Waals surface area contributed by atoms with Crippen molar-refractivity contribution in [2.24, 2.45) is 0 Å². The number of nitrogens with one attached hydrogen (secondary N) is 2. The number of aromatic nitrogens is 1. The van der Waals surface area contributed by atoms with Crippen LogP contribution in [0.15, 0.2) is 90.0 Å². The van der Waals surface area contributed by atoms with Crippen molar-refractivity contribution in [3.63, 3.8) is 0 Å². The molecule has 8 nitrogen and oxygen atoms in total. The van der Waals surface area contributed by atoms with Crippen LogP contribution in [0.5, 0.6) is 11.6 Å². The van der Waals surface area contributed by atoms with Gasteiger partial charge in [-0.3, -0.25) is 9.59 Å². The highest BCUT2D eigenvalue weighted by Gasteiger charge is 2.21. The summed E-state index contributed by atoms with van der Waals surface area (Å²) in [5, 5.41) is 2.84. The van der Waals surface area contributed by atoms with Crippen LogP contribution >= 0.6 is 0 Å². The van der Waals surface area contributed by atoms with E-state index in [9.17, 15) is 26.8 Å². The van der Waals surface area contributed by atoms with Crippen LogP contribution in [0.1, 0.15) is 44.8 Å². The van der Waals surface area contributed by atoms with Crippen LogP contribution in [0.2, 0.25) is 0 Å². The van der Waals surface area contributed by atoms with Crippen LogP contribution in [0.25, 0.3) is 0 Å². The zero-order valence-electron chi connectivity index (χ0n) is 20.8. The number of carbonyl (C=O) groups is 2. The van der Waals surface area contributed by atoms with Gasteiger partial charge in [-0.25, -0.2) is 26.9 Å². The van der Waals surface area contributed by atoms with Gasteiger partial charge >= 0.3 is 0 Å². The second-order valence-corrected chi connectivity index (χ2v) is 10.3. The molecule has 2 amide bonds. The zero-order chi connectivity index (χ0) is 28.2. The molecule has 11 heteroatoms. The summed E-state index contributed by atoms with van der Waals surface area (Å²) in [7, 11) is -4.27. The quantitative estimate of drug-likeness (QED) is 0.316. The SMILES string of the molecule is Cc1cnc(Oc2ccc(F)cc2)c(C(=O)N[C@H](C)c2ccc(C(=O)NS(=O)(=O)c3cccc(F)c3)cc2)c1. The van der Waals surface area contributed by atoms with Gasteiger partial charge in [-0.1, -0.05) is 18.2 Å². The summed E-state index contributed by atoms with van der Waals surface area (Å²) in [4.78, 5) is 29.4. The van der Waals surface area contributed by atoms with E-state index in [-0.39, 0.29) is 21.9 Å². The monoisotopic (exact) mass is 551 g/mol. The summed E-state index contributed by atoms with van der Waals surface area (Å²) in [6.07, 6.45) is 1.54. The third-order valence-corrected chi connectivity index (χ3v) is 6.94. The molecule has 1 atom stereocenters. The molecule has 1 aromatic heterocycles. The normalized spacial score (nSPS) is 11.9. The largest absolute Gasteiger partial charge is 0.438 e. The maximum absolute atomic E-state index is 13.4. The fourth-order valence-electron chi connectivity index (χ4n) is 3.57. The van der Waals surface area contributed by atoms with Crippen molar-refractivity contribution in [3.8, 4) is 11.6 Å². The lowest BCUT2D eigenvalue weighted by Crippen LogP contribution is -2.30. The van der Waals surface area contributed by atoms with Crippen molar-refractivity contribution in [2.45, 2.75) is 24.8 Å². The van der Waals surface area contributed by atoms with Gasteiger partial charge in [0.1, 0.15) is 22.9 Å². The number of ether oxygens (including phenoxy) is 1. The van der Waals surface area contributed by atoms with Crippen LogP contribution < -0.4 is 14.8 Å². The van der Waals surface area contributed by atoms with Gasteiger partial charge in [0.25, 0.3) is 21.8 Å². The average molecular weight is 552 g/mol. The van der Waals surface area contributed by atoms with Gasteiger partial charge in [-0.15, -0.1) is 0 Å². The van der Waals surface area contributed by atoms with E-state index < -0.39 is 39.5 Å². The van der Waals surface area contributed by atoms with E-state index in [1.54, 1.807) is 32.0 Å². The predicted molar refractivity (Wildman–Crippen MR) is 139 cm³/mol. The lowest BCUT2D eigenvalue weighted by atomic mass is 10.1. The Bertz CT molecular complexity index is 1630. The van der Waals surface area contributed by atoms with E-state index in [0.717, 1.165) is 17.7 Å². The molecular weight excluding hydrogens is 528 g/mol. The lowest BCUT2D eigenvalue weighted by molar-refractivity contribution is 0.0934. The van der Waals surface area contributed by atoms with Crippen molar-refractivity contribution in [3.05, 3.63) is 119 Å². The van der Waals surface area contributed by atoms with Gasteiger partial charge in [0.15, 0.2) is 0 Å². The van der Waals surface area contributed by atoms with E-state index in [1.165, 1.54) is 54.7 Å². The van der Waals surface area contributed by atoms with Crippen molar-refractivity contribution >= 4 is 21.8 Å². The smallest absolute Gasteiger partial charge is 0.264 e. The third-order valence-electron chi connectivity index (χ3n) is 5.61. The molecule has 0 fully saturated rings. The molecule has 0 aliphatic rings. The Labute approximate surface area is 223 Å². The van der Waals surface area contributed by atoms with E-state index in [2.05, 4.69) is 10.3 Å².